The van der Waals surface area contributed by atoms with Crippen LogP contribution in [0.15, 0.2) is 40.7 Å². The van der Waals surface area contributed by atoms with Gasteiger partial charge in [-0.05, 0) is 31.5 Å². The molecule has 0 spiro atoms. The van der Waals surface area contributed by atoms with Gasteiger partial charge in [0.05, 0.1) is 36.7 Å². The van der Waals surface area contributed by atoms with E-state index < -0.39 is 17.9 Å². The molecule has 2 rings (SSSR count). The third-order valence-corrected chi connectivity index (χ3v) is 4.67. The highest BCUT2D eigenvalue weighted by Gasteiger charge is 2.38. The predicted octanol–water partition coefficient (Wildman–Crippen LogP) is 3.86. The lowest BCUT2D eigenvalue weighted by Gasteiger charge is -2.30. The van der Waals surface area contributed by atoms with Crippen LogP contribution < -0.4 is 5.32 Å². The van der Waals surface area contributed by atoms with Gasteiger partial charge in [0, 0.05) is 21.4 Å². The number of nitriles is 1. The monoisotopic (exact) mass is 408 g/mol. The molecule has 0 aliphatic carbocycles. The number of nitrogens with zero attached hydrogens (tertiary/aromatic N) is 1. The van der Waals surface area contributed by atoms with Gasteiger partial charge >= 0.3 is 11.9 Å². The van der Waals surface area contributed by atoms with Gasteiger partial charge in [-0.15, -0.1) is 0 Å². The Morgan fingerprint density at radius 2 is 1.81 bits per heavy atom. The average molecular weight is 409 g/mol. The number of carbonyl (C=O) groups is 2. The van der Waals surface area contributed by atoms with Crippen LogP contribution in [0.5, 0.6) is 0 Å². The maximum atomic E-state index is 12.7. The standard InChI is InChI=1S/C19H18Cl2N2O4/c1-10-15(18(24)26-3)17(13-6-5-12(20)9-14(13)21)16(11(2)23-10)19(25)27-8-4-7-22/h5-6,9,17,23H,4,8H2,1-3H3. The molecule has 0 amide bonds. The molecule has 0 fully saturated rings. The van der Waals surface area contributed by atoms with Gasteiger partial charge in [-0.25, -0.2) is 9.59 Å². The molecule has 1 aromatic rings. The smallest absolute Gasteiger partial charge is 0.336 e. The van der Waals surface area contributed by atoms with Crippen molar-refractivity contribution in [2.75, 3.05) is 13.7 Å². The van der Waals surface area contributed by atoms with Gasteiger partial charge in [-0.2, -0.15) is 5.26 Å². The molecule has 6 nitrogen and oxygen atoms in total. The Balaban J connectivity index is 2.61. The van der Waals surface area contributed by atoms with Crippen molar-refractivity contribution in [1.29, 1.82) is 5.26 Å². The minimum absolute atomic E-state index is 0.0521. The van der Waals surface area contributed by atoms with Gasteiger partial charge in [-0.3, -0.25) is 0 Å². The highest BCUT2D eigenvalue weighted by atomic mass is 35.5. The van der Waals surface area contributed by atoms with E-state index in [9.17, 15) is 9.59 Å². The van der Waals surface area contributed by atoms with E-state index in [1.54, 1.807) is 32.0 Å². The van der Waals surface area contributed by atoms with E-state index in [1.165, 1.54) is 7.11 Å². The van der Waals surface area contributed by atoms with Crippen molar-refractivity contribution in [3.8, 4) is 6.07 Å². The summed E-state index contributed by atoms with van der Waals surface area (Å²) in [7, 11) is 1.26. The molecule has 27 heavy (non-hydrogen) atoms. The molecule has 0 aromatic heterocycles. The Kier molecular flexibility index (Phi) is 6.89. The van der Waals surface area contributed by atoms with E-state index in [-0.39, 0.29) is 24.2 Å². The first-order valence-electron chi connectivity index (χ1n) is 8.07. The molecule has 1 N–H and O–H groups in total. The highest BCUT2D eigenvalue weighted by molar-refractivity contribution is 6.35. The van der Waals surface area contributed by atoms with Crippen molar-refractivity contribution in [2.45, 2.75) is 26.2 Å². The third-order valence-electron chi connectivity index (χ3n) is 4.11. The van der Waals surface area contributed by atoms with E-state index in [0.717, 1.165) is 0 Å². The molecular weight excluding hydrogens is 391 g/mol. The first kappa shape index (κ1) is 20.8. The molecule has 8 heteroatoms. The fourth-order valence-corrected chi connectivity index (χ4v) is 3.48. The maximum absolute atomic E-state index is 12.7. The molecule has 142 valence electrons. The lowest BCUT2D eigenvalue weighted by Crippen LogP contribution is -2.32. The molecule has 0 radical (unpaired) electrons. The molecule has 1 aliphatic rings. The largest absolute Gasteiger partial charge is 0.466 e. The van der Waals surface area contributed by atoms with Gasteiger partial charge in [0.15, 0.2) is 0 Å². The van der Waals surface area contributed by atoms with Crippen LogP contribution in [0.3, 0.4) is 0 Å². The Morgan fingerprint density at radius 3 is 2.37 bits per heavy atom. The summed E-state index contributed by atoms with van der Waals surface area (Å²) in [5.74, 6) is -2.02. The summed E-state index contributed by atoms with van der Waals surface area (Å²) in [5, 5.41) is 12.4. The van der Waals surface area contributed by atoms with Crippen LogP contribution in [-0.4, -0.2) is 25.7 Å². The molecule has 0 saturated carbocycles. The van der Waals surface area contributed by atoms with Crippen molar-refractivity contribution >= 4 is 35.1 Å². The topological polar surface area (TPSA) is 88.4 Å². The van der Waals surface area contributed by atoms with Gasteiger partial charge in [0.25, 0.3) is 0 Å². The molecule has 1 aliphatic heterocycles. The summed E-state index contributed by atoms with van der Waals surface area (Å²) in [4.78, 5) is 25.2. The second-order valence-electron chi connectivity index (χ2n) is 5.84. The zero-order valence-corrected chi connectivity index (χ0v) is 16.6. The number of rotatable bonds is 5. The van der Waals surface area contributed by atoms with Crippen molar-refractivity contribution in [2.24, 2.45) is 0 Å². The van der Waals surface area contributed by atoms with Gasteiger partial charge < -0.3 is 14.8 Å². The van der Waals surface area contributed by atoms with Gasteiger partial charge in [-0.1, -0.05) is 29.3 Å². The minimum Gasteiger partial charge on any atom is -0.466 e. The first-order valence-corrected chi connectivity index (χ1v) is 8.83. The second kappa shape index (κ2) is 8.94. The molecule has 0 saturated heterocycles. The third kappa shape index (κ3) is 4.44. The molecule has 1 unspecified atom stereocenters. The van der Waals surface area contributed by atoms with Crippen LogP contribution in [0, 0.1) is 11.3 Å². The van der Waals surface area contributed by atoms with Crippen molar-refractivity contribution < 1.29 is 19.1 Å². The van der Waals surface area contributed by atoms with Gasteiger partial charge in [0.1, 0.15) is 6.61 Å². The number of carbonyl (C=O) groups excluding carboxylic acids is 2. The Labute approximate surface area is 167 Å². The summed E-state index contributed by atoms with van der Waals surface area (Å²) >= 11 is 12.4. The molecule has 1 heterocycles. The molecule has 0 bridgehead atoms. The van der Waals surface area contributed by atoms with Crippen LogP contribution in [0.4, 0.5) is 0 Å². The molecule has 1 aromatic carbocycles. The van der Waals surface area contributed by atoms with E-state index in [0.29, 0.717) is 27.0 Å². The number of esters is 2. The number of ether oxygens (including phenoxy) is 2. The molecule has 1 atom stereocenters. The Hall–Kier alpha value is -2.49. The Morgan fingerprint density at radius 1 is 1.19 bits per heavy atom. The van der Waals surface area contributed by atoms with Crippen molar-refractivity contribution in [1.82, 2.24) is 5.32 Å². The average Bonchev–Trinajstić information content (AvgIpc) is 2.60. The van der Waals surface area contributed by atoms with Crippen LogP contribution in [-0.2, 0) is 19.1 Å². The number of allylic oxidation sites excluding steroid dienone is 2. The van der Waals surface area contributed by atoms with Crippen LogP contribution >= 0.6 is 23.2 Å². The number of hydrogen-bond acceptors (Lipinski definition) is 6. The van der Waals surface area contributed by atoms with Crippen molar-refractivity contribution in [3.63, 3.8) is 0 Å². The van der Waals surface area contributed by atoms with E-state index >= 15 is 0 Å². The van der Waals surface area contributed by atoms with Crippen LogP contribution in [0.2, 0.25) is 10.0 Å². The van der Waals surface area contributed by atoms with E-state index in [2.05, 4.69) is 5.32 Å². The maximum Gasteiger partial charge on any atom is 0.336 e. The number of benzene rings is 1. The van der Waals surface area contributed by atoms with E-state index in [1.807, 2.05) is 6.07 Å². The zero-order valence-electron chi connectivity index (χ0n) is 15.1. The Bertz CT molecular complexity index is 884. The summed E-state index contributed by atoms with van der Waals surface area (Å²) in [5.41, 5.74) is 2.07. The summed E-state index contributed by atoms with van der Waals surface area (Å²) < 4.78 is 10.1. The summed E-state index contributed by atoms with van der Waals surface area (Å²) in [6.07, 6.45) is 0.0661. The first-order chi connectivity index (χ1) is 12.8. The normalized spacial score (nSPS) is 16.5. The quantitative estimate of drug-likeness (QED) is 0.587. The number of halogens is 2. The number of dihydropyridines is 1. The van der Waals surface area contributed by atoms with Gasteiger partial charge in [0.2, 0.25) is 0 Å². The summed E-state index contributed by atoms with van der Waals surface area (Å²) in [6.45, 7) is 3.36. The SMILES string of the molecule is COC(=O)C1=C(C)NC(C)=C(C(=O)OCCC#N)C1c1ccc(Cl)cc1Cl. The number of nitrogens with one attached hydrogen (secondary N) is 1. The van der Waals surface area contributed by atoms with Crippen molar-refractivity contribution in [3.05, 3.63) is 56.3 Å². The zero-order chi connectivity index (χ0) is 20.1. The fraction of sp³-hybridized carbons (Fsp3) is 0.316. The van der Waals surface area contributed by atoms with E-state index in [4.69, 9.17) is 37.9 Å². The number of methoxy groups -OCH3 is 1. The predicted molar refractivity (Wildman–Crippen MR) is 101 cm³/mol. The lowest BCUT2D eigenvalue weighted by atomic mass is 9.80. The van der Waals surface area contributed by atoms with Crippen LogP contribution in [0.1, 0.15) is 31.7 Å². The summed E-state index contributed by atoms with van der Waals surface area (Å²) in [6, 6.07) is 6.74. The second-order valence-corrected chi connectivity index (χ2v) is 6.68. The van der Waals surface area contributed by atoms with Crippen LogP contribution in [0.25, 0.3) is 0 Å². The number of hydrogen-bond donors (Lipinski definition) is 1. The molecular formula is C19H18Cl2N2O4. The fourth-order valence-electron chi connectivity index (χ4n) is 2.96. The minimum atomic E-state index is -0.793. The lowest BCUT2D eigenvalue weighted by molar-refractivity contribution is -0.139. The highest BCUT2D eigenvalue weighted by Crippen LogP contribution is 2.42.